The van der Waals surface area contributed by atoms with Gasteiger partial charge in [0.05, 0.1) is 12.6 Å². The molecule has 0 unspecified atom stereocenters. The second-order valence-corrected chi connectivity index (χ2v) is 6.63. The summed E-state index contributed by atoms with van der Waals surface area (Å²) in [5, 5.41) is 3.06. The maximum atomic E-state index is 12.6. The van der Waals surface area contributed by atoms with Crippen molar-refractivity contribution >= 4 is 17.7 Å². The minimum absolute atomic E-state index is 0.0160. The van der Waals surface area contributed by atoms with Crippen molar-refractivity contribution in [2.24, 2.45) is 0 Å². The fourth-order valence-corrected chi connectivity index (χ4v) is 3.02. The molecule has 0 aliphatic carbocycles. The minimum atomic E-state index is -0.273. The summed E-state index contributed by atoms with van der Waals surface area (Å²) in [6.07, 6.45) is -0.273. The fourth-order valence-electron chi connectivity index (χ4n) is 3.02. The van der Waals surface area contributed by atoms with E-state index in [1.54, 1.807) is 11.8 Å². The Kier molecular flexibility index (Phi) is 6.82. The molecule has 2 amide bonds. The molecule has 1 aromatic carbocycles. The number of benzene rings is 1. The molecule has 1 aliphatic heterocycles. The van der Waals surface area contributed by atoms with Gasteiger partial charge in [-0.2, -0.15) is 0 Å². The number of hydrogen-bond donors (Lipinski definition) is 1. The quantitative estimate of drug-likeness (QED) is 0.890. The number of para-hydroxylation sites is 1. The average Bonchev–Trinajstić information content (AvgIpc) is 2.61. The van der Waals surface area contributed by atoms with Crippen LogP contribution in [-0.4, -0.2) is 60.6 Å². The Morgan fingerprint density at radius 3 is 2.36 bits per heavy atom. The Morgan fingerprint density at radius 2 is 1.76 bits per heavy atom. The van der Waals surface area contributed by atoms with Crippen molar-refractivity contribution in [3.63, 3.8) is 0 Å². The number of rotatable bonds is 5. The summed E-state index contributed by atoms with van der Waals surface area (Å²) >= 11 is 0. The van der Waals surface area contributed by atoms with Crippen LogP contribution in [0.1, 0.15) is 39.2 Å². The summed E-state index contributed by atoms with van der Waals surface area (Å²) in [6.45, 7) is 10.8. The molecule has 1 aromatic rings. The lowest BCUT2D eigenvalue weighted by Gasteiger charge is -2.36. The van der Waals surface area contributed by atoms with Gasteiger partial charge in [-0.05, 0) is 31.4 Å². The number of carbonyl (C=O) groups excluding carboxylic acids is 2. The van der Waals surface area contributed by atoms with Gasteiger partial charge in [0.2, 0.25) is 5.91 Å². The maximum absolute atomic E-state index is 12.6. The molecule has 1 atom stereocenters. The molecule has 6 nitrogen and oxygen atoms in total. The zero-order chi connectivity index (χ0) is 18.4. The van der Waals surface area contributed by atoms with Crippen LogP contribution in [0.4, 0.5) is 10.5 Å². The highest BCUT2D eigenvalue weighted by atomic mass is 16.6. The first-order valence-electron chi connectivity index (χ1n) is 8.99. The zero-order valence-electron chi connectivity index (χ0n) is 15.6. The molecule has 6 heteroatoms. The molecule has 1 saturated heterocycles. The SMILES string of the molecule is CCOC(=O)N1CCN([C@@H](C)C(=O)Nc2ccccc2C(C)C)CC1. The summed E-state index contributed by atoms with van der Waals surface area (Å²) in [4.78, 5) is 28.2. The van der Waals surface area contributed by atoms with E-state index in [0.29, 0.717) is 38.7 Å². The van der Waals surface area contributed by atoms with E-state index in [1.807, 2.05) is 31.2 Å². The number of ether oxygens (including phenoxy) is 1. The number of hydrogen-bond acceptors (Lipinski definition) is 4. The predicted molar refractivity (Wildman–Crippen MR) is 98.8 cm³/mol. The van der Waals surface area contributed by atoms with Gasteiger partial charge in [0.15, 0.2) is 0 Å². The van der Waals surface area contributed by atoms with E-state index in [0.717, 1.165) is 11.3 Å². The van der Waals surface area contributed by atoms with Crippen LogP contribution in [0.25, 0.3) is 0 Å². The zero-order valence-corrected chi connectivity index (χ0v) is 15.6. The third-order valence-electron chi connectivity index (χ3n) is 4.61. The highest BCUT2D eigenvalue weighted by Gasteiger charge is 2.28. The number of amides is 2. The molecule has 1 N–H and O–H groups in total. The van der Waals surface area contributed by atoms with E-state index in [2.05, 4.69) is 24.1 Å². The fraction of sp³-hybridized carbons (Fsp3) is 0.579. The van der Waals surface area contributed by atoms with E-state index in [9.17, 15) is 9.59 Å². The number of piperazine rings is 1. The summed E-state index contributed by atoms with van der Waals surface area (Å²) in [6, 6.07) is 7.67. The van der Waals surface area contributed by atoms with E-state index >= 15 is 0 Å². The van der Waals surface area contributed by atoms with Crippen molar-refractivity contribution in [2.45, 2.75) is 39.7 Å². The lowest BCUT2D eigenvalue weighted by Crippen LogP contribution is -2.54. The molecular formula is C19H29N3O3. The van der Waals surface area contributed by atoms with E-state index in [1.165, 1.54) is 0 Å². The summed E-state index contributed by atoms with van der Waals surface area (Å²) in [5.74, 6) is 0.331. The lowest BCUT2D eigenvalue weighted by atomic mass is 10.0. The number of carbonyl (C=O) groups is 2. The van der Waals surface area contributed by atoms with Crippen molar-refractivity contribution in [2.75, 3.05) is 38.1 Å². The van der Waals surface area contributed by atoms with Gasteiger partial charge in [0, 0.05) is 31.9 Å². The lowest BCUT2D eigenvalue weighted by molar-refractivity contribution is -0.121. The van der Waals surface area contributed by atoms with Gasteiger partial charge in [0.25, 0.3) is 0 Å². The smallest absolute Gasteiger partial charge is 0.409 e. The molecule has 0 radical (unpaired) electrons. The molecular weight excluding hydrogens is 318 g/mol. The van der Waals surface area contributed by atoms with E-state index in [-0.39, 0.29) is 18.0 Å². The standard InChI is InChI=1S/C19H29N3O3/c1-5-25-19(24)22-12-10-21(11-13-22)15(4)18(23)20-17-9-7-6-8-16(17)14(2)3/h6-9,14-15H,5,10-13H2,1-4H3,(H,20,23)/t15-/m0/s1. The molecule has 25 heavy (non-hydrogen) atoms. The Balaban J connectivity index is 1.92. The van der Waals surface area contributed by atoms with Crippen LogP contribution in [0.5, 0.6) is 0 Å². The Hall–Kier alpha value is -2.08. The van der Waals surface area contributed by atoms with Crippen LogP contribution in [-0.2, 0) is 9.53 Å². The van der Waals surface area contributed by atoms with Gasteiger partial charge in [-0.25, -0.2) is 4.79 Å². The van der Waals surface area contributed by atoms with Crippen LogP contribution in [0.2, 0.25) is 0 Å². The van der Waals surface area contributed by atoms with Gasteiger partial charge in [-0.3, -0.25) is 9.69 Å². The Morgan fingerprint density at radius 1 is 1.12 bits per heavy atom. The first-order valence-corrected chi connectivity index (χ1v) is 8.99. The van der Waals surface area contributed by atoms with Gasteiger partial charge in [-0.1, -0.05) is 32.0 Å². The largest absolute Gasteiger partial charge is 0.450 e. The van der Waals surface area contributed by atoms with E-state index in [4.69, 9.17) is 4.74 Å². The molecule has 0 saturated carbocycles. The van der Waals surface area contributed by atoms with Crippen molar-refractivity contribution < 1.29 is 14.3 Å². The Labute approximate surface area is 150 Å². The monoisotopic (exact) mass is 347 g/mol. The molecule has 1 aliphatic rings. The Bertz CT molecular complexity index is 595. The van der Waals surface area contributed by atoms with Crippen molar-refractivity contribution in [3.05, 3.63) is 29.8 Å². The molecule has 0 bridgehead atoms. The van der Waals surface area contributed by atoms with Crippen molar-refractivity contribution in [1.82, 2.24) is 9.80 Å². The third-order valence-corrected chi connectivity index (χ3v) is 4.61. The predicted octanol–water partition coefficient (Wildman–Crippen LogP) is 2.91. The minimum Gasteiger partial charge on any atom is -0.450 e. The summed E-state index contributed by atoms with van der Waals surface area (Å²) in [5.41, 5.74) is 2.01. The average molecular weight is 347 g/mol. The van der Waals surface area contributed by atoms with Crippen LogP contribution in [0.15, 0.2) is 24.3 Å². The number of nitrogens with zero attached hydrogens (tertiary/aromatic N) is 2. The van der Waals surface area contributed by atoms with Gasteiger partial charge in [-0.15, -0.1) is 0 Å². The first kappa shape index (κ1) is 19.2. The normalized spacial score (nSPS) is 16.6. The first-order chi connectivity index (χ1) is 11.9. The molecule has 1 fully saturated rings. The number of anilines is 1. The number of nitrogens with one attached hydrogen (secondary N) is 1. The molecule has 1 heterocycles. The van der Waals surface area contributed by atoms with Crippen LogP contribution in [0, 0.1) is 0 Å². The van der Waals surface area contributed by atoms with Gasteiger partial charge >= 0.3 is 6.09 Å². The van der Waals surface area contributed by atoms with Crippen LogP contribution in [0.3, 0.4) is 0 Å². The highest BCUT2D eigenvalue weighted by Crippen LogP contribution is 2.24. The second-order valence-electron chi connectivity index (χ2n) is 6.63. The van der Waals surface area contributed by atoms with Crippen molar-refractivity contribution in [1.29, 1.82) is 0 Å². The maximum Gasteiger partial charge on any atom is 0.409 e. The molecule has 0 aromatic heterocycles. The van der Waals surface area contributed by atoms with Gasteiger partial charge < -0.3 is 15.0 Å². The highest BCUT2D eigenvalue weighted by molar-refractivity contribution is 5.95. The van der Waals surface area contributed by atoms with Gasteiger partial charge in [0.1, 0.15) is 0 Å². The third kappa shape index (κ3) is 4.95. The van der Waals surface area contributed by atoms with E-state index < -0.39 is 0 Å². The summed E-state index contributed by atoms with van der Waals surface area (Å²) in [7, 11) is 0. The topological polar surface area (TPSA) is 61.9 Å². The van der Waals surface area contributed by atoms with Crippen LogP contribution < -0.4 is 5.32 Å². The molecule has 138 valence electrons. The molecule has 2 rings (SSSR count). The second kappa shape index (κ2) is 8.85. The van der Waals surface area contributed by atoms with Crippen molar-refractivity contribution in [3.8, 4) is 0 Å². The van der Waals surface area contributed by atoms with Crippen LogP contribution >= 0.6 is 0 Å². The summed E-state index contributed by atoms with van der Waals surface area (Å²) < 4.78 is 5.03. The molecule has 0 spiro atoms.